The van der Waals surface area contributed by atoms with Crippen molar-refractivity contribution in [1.82, 2.24) is 14.9 Å². The first-order valence-electron chi connectivity index (χ1n) is 5.63. The maximum Gasteiger partial charge on any atom is 0.227 e. The molecule has 1 aliphatic heterocycles. The molecule has 0 aliphatic carbocycles. The number of rotatable bonds is 1. The van der Waals surface area contributed by atoms with Crippen LogP contribution in [-0.4, -0.2) is 47.1 Å². The van der Waals surface area contributed by atoms with Crippen molar-refractivity contribution in [3.63, 3.8) is 0 Å². The molecule has 0 aromatic carbocycles. The third-order valence-corrected chi connectivity index (χ3v) is 3.31. The van der Waals surface area contributed by atoms with E-state index < -0.39 is 0 Å². The lowest BCUT2D eigenvalue weighted by atomic mass is 10.1. The smallest absolute Gasteiger partial charge is 0.227 e. The first kappa shape index (κ1) is 11.1. The third-order valence-electron chi connectivity index (χ3n) is 3.31. The number of nitrogens with zero attached hydrogens (tertiary/aromatic N) is 4. The van der Waals surface area contributed by atoms with Gasteiger partial charge in [-0.2, -0.15) is 4.98 Å². The Bertz CT molecular complexity index is 355. The summed E-state index contributed by atoms with van der Waals surface area (Å²) >= 11 is 0. The topological polar surface area (TPSA) is 58.3 Å². The summed E-state index contributed by atoms with van der Waals surface area (Å²) in [5.41, 5.74) is 5.67. The Morgan fingerprint density at radius 1 is 1.31 bits per heavy atom. The van der Waals surface area contributed by atoms with Crippen LogP contribution in [0.5, 0.6) is 0 Å². The van der Waals surface area contributed by atoms with Gasteiger partial charge in [-0.15, -0.1) is 0 Å². The van der Waals surface area contributed by atoms with Crippen LogP contribution in [0.3, 0.4) is 0 Å². The van der Waals surface area contributed by atoms with Crippen LogP contribution < -0.4 is 10.6 Å². The second-order valence-corrected chi connectivity index (χ2v) is 4.55. The molecular formula is C11H19N5. The maximum absolute atomic E-state index is 5.67. The molecule has 2 heterocycles. The number of nitrogens with two attached hydrogens (primary N) is 1. The molecule has 1 saturated heterocycles. The number of likely N-dealkylation sites (N-methyl/N-ethyl adjacent to an activating group) is 1. The minimum absolute atomic E-state index is 0.508. The summed E-state index contributed by atoms with van der Waals surface area (Å²) in [5, 5.41) is 0. The van der Waals surface area contributed by atoms with Gasteiger partial charge >= 0.3 is 0 Å². The predicted molar refractivity (Wildman–Crippen MR) is 65.3 cm³/mol. The van der Waals surface area contributed by atoms with Gasteiger partial charge in [-0.3, -0.25) is 4.90 Å². The summed E-state index contributed by atoms with van der Waals surface area (Å²) in [4.78, 5) is 13.1. The highest BCUT2D eigenvalue weighted by Gasteiger charge is 2.27. The lowest BCUT2D eigenvalue weighted by Gasteiger charge is -2.42. The Kier molecular flexibility index (Phi) is 2.96. The highest BCUT2D eigenvalue weighted by molar-refractivity contribution is 5.38. The molecule has 1 aromatic rings. The van der Waals surface area contributed by atoms with Crippen molar-refractivity contribution >= 4 is 11.8 Å². The van der Waals surface area contributed by atoms with E-state index in [1.165, 1.54) is 0 Å². The molecule has 1 fully saturated rings. The van der Waals surface area contributed by atoms with E-state index in [0.29, 0.717) is 17.9 Å². The van der Waals surface area contributed by atoms with E-state index in [0.717, 1.165) is 19.0 Å². The molecule has 1 aromatic heterocycles. The van der Waals surface area contributed by atoms with Crippen LogP contribution >= 0.6 is 0 Å². The highest BCUT2D eigenvalue weighted by Crippen LogP contribution is 2.18. The van der Waals surface area contributed by atoms with Crippen LogP contribution in [0.2, 0.25) is 0 Å². The van der Waals surface area contributed by atoms with E-state index in [1.807, 2.05) is 0 Å². The monoisotopic (exact) mass is 221 g/mol. The molecule has 0 amide bonds. The molecule has 2 unspecified atom stereocenters. The first-order chi connectivity index (χ1) is 7.58. The Labute approximate surface area is 96.3 Å². The van der Waals surface area contributed by atoms with E-state index in [4.69, 9.17) is 5.73 Å². The average Bonchev–Trinajstić information content (AvgIpc) is 2.25. The van der Waals surface area contributed by atoms with Gasteiger partial charge in [0.05, 0.1) is 0 Å². The molecule has 0 bridgehead atoms. The number of nitrogen functional groups attached to an aromatic ring is 1. The van der Waals surface area contributed by atoms with Crippen molar-refractivity contribution < 1.29 is 0 Å². The quantitative estimate of drug-likeness (QED) is 0.752. The van der Waals surface area contributed by atoms with Crippen molar-refractivity contribution in [2.24, 2.45) is 0 Å². The molecule has 2 atom stereocenters. The van der Waals surface area contributed by atoms with E-state index in [-0.39, 0.29) is 0 Å². The molecule has 5 heteroatoms. The van der Waals surface area contributed by atoms with Gasteiger partial charge in [0, 0.05) is 31.4 Å². The van der Waals surface area contributed by atoms with E-state index in [2.05, 4.69) is 40.7 Å². The second kappa shape index (κ2) is 4.25. The Hall–Kier alpha value is -1.36. The fourth-order valence-corrected chi connectivity index (χ4v) is 2.08. The predicted octanol–water partition coefficient (Wildman–Crippen LogP) is 0.588. The van der Waals surface area contributed by atoms with Crippen molar-refractivity contribution in [2.45, 2.75) is 25.9 Å². The van der Waals surface area contributed by atoms with E-state index in [1.54, 1.807) is 12.3 Å². The lowest BCUT2D eigenvalue weighted by Crippen LogP contribution is -2.55. The molecule has 2 rings (SSSR count). The maximum atomic E-state index is 5.67. The summed E-state index contributed by atoms with van der Waals surface area (Å²) in [5.74, 6) is 1.27. The van der Waals surface area contributed by atoms with Gasteiger partial charge in [-0.1, -0.05) is 0 Å². The highest BCUT2D eigenvalue weighted by atomic mass is 15.3. The van der Waals surface area contributed by atoms with E-state index in [9.17, 15) is 0 Å². The van der Waals surface area contributed by atoms with Crippen LogP contribution in [-0.2, 0) is 0 Å². The molecule has 88 valence electrons. The molecule has 1 aliphatic rings. The molecule has 0 saturated carbocycles. The standard InChI is InChI=1S/C11H19N5/c1-8-6-16(7-9(2)15(8)3)11-13-5-4-10(12)14-11/h4-5,8-9H,6-7H2,1-3H3,(H2,12,13,14). The fourth-order valence-electron chi connectivity index (χ4n) is 2.08. The number of piperazine rings is 1. The van der Waals surface area contributed by atoms with Crippen molar-refractivity contribution in [1.29, 1.82) is 0 Å². The average molecular weight is 221 g/mol. The summed E-state index contributed by atoms with van der Waals surface area (Å²) in [6, 6.07) is 2.73. The zero-order valence-electron chi connectivity index (χ0n) is 10.1. The number of hydrogen-bond donors (Lipinski definition) is 1. The minimum atomic E-state index is 0.508. The van der Waals surface area contributed by atoms with Crippen LogP contribution in [0.1, 0.15) is 13.8 Å². The zero-order chi connectivity index (χ0) is 11.7. The molecular weight excluding hydrogens is 202 g/mol. The van der Waals surface area contributed by atoms with Crippen molar-refractivity contribution in [2.75, 3.05) is 30.8 Å². The minimum Gasteiger partial charge on any atom is -0.384 e. The van der Waals surface area contributed by atoms with Gasteiger partial charge in [0.15, 0.2) is 0 Å². The van der Waals surface area contributed by atoms with Gasteiger partial charge in [0.1, 0.15) is 5.82 Å². The third kappa shape index (κ3) is 2.09. The van der Waals surface area contributed by atoms with Gasteiger partial charge < -0.3 is 10.6 Å². The summed E-state index contributed by atoms with van der Waals surface area (Å²) in [6.07, 6.45) is 1.71. The van der Waals surface area contributed by atoms with Gasteiger partial charge in [-0.05, 0) is 27.0 Å². The lowest BCUT2D eigenvalue weighted by molar-refractivity contribution is 0.169. The summed E-state index contributed by atoms with van der Waals surface area (Å²) in [6.45, 7) is 6.33. The Morgan fingerprint density at radius 2 is 1.94 bits per heavy atom. The second-order valence-electron chi connectivity index (χ2n) is 4.55. The van der Waals surface area contributed by atoms with Crippen LogP contribution in [0.4, 0.5) is 11.8 Å². The number of aromatic nitrogens is 2. The van der Waals surface area contributed by atoms with Gasteiger partial charge in [0.25, 0.3) is 0 Å². The summed E-state index contributed by atoms with van der Waals surface area (Å²) < 4.78 is 0. The van der Waals surface area contributed by atoms with Crippen LogP contribution in [0, 0.1) is 0 Å². The molecule has 0 radical (unpaired) electrons. The summed E-state index contributed by atoms with van der Waals surface area (Å²) in [7, 11) is 2.16. The molecule has 0 spiro atoms. The number of anilines is 2. The van der Waals surface area contributed by atoms with Gasteiger partial charge in [0.2, 0.25) is 5.95 Å². The fraction of sp³-hybridized carbons (Fsp3) is 0.636. The van der Waals surface area contributed by atoms with Gasteiger partial charge in [-0.25, -0.2) is 4.98 Å². The molecule has 2 N–H and O–H groups in total. The number of hydrogen-bond acceptors (Lipinski definition) is 5. The van der Waals surface area contributed by atoms with Crippen LogP contribution in [0.15, 0.2) is 12.3 Å². The zero-order valence-corrected chi connectivity index (χ0v) is 10.1. The Balaban J connectivity index is 2.17. The SMILES string of the molecule is CC1CN(c2nccc(N)n2)CC(C)N1C. The molecule has 16 heavy (non-hydrogen) atoms. The van der Waals surface area contributed by atoms with E-state index >= 15 is 0 Å². The van der Waals surface area contributed by atoms with Crippen molar-refractivity contribution in [3.8, 4) is 0 Å². The largest absolute Gasteiger partial charge is 0.384 e. The first-order valence-corrected chi connectivity index (χ1v) is 5.63. The van der Waals surface area contributed by atoms with Crippen molar-refractivity contribution in [3.05, 3.63) is 12.3 Å². The Morgan fingerprint density at radius 3 is 2.50 bits per heavy atom. The molecule has 5 nitrogen and oxygen atoms in total. The van der Waals surface area contributed by atoms with Crippen LogP contribution in [0.25, 0.3) is 0 Å². The normalized spacial score (nSPS) is 27.1.